The minimum absolute atomic E-state index is 0.155. The fraction of sp³-hybridized carbons (Fsp3) is 0.130. The van der Waals surface area contributed by atoms with Crippen molar-refractivity contribution in [2.24, 2.45) is 5.73 Å². The number of carboxylic acids is 1. The van der Waals surface area contributed by atoms with Gasteiger partial charge in [0.1, 0.15) is 23.4 Å². The number of para-hydroxylation sites is 1. The second kappa shape index (κ2) is 13.2. The fourth-order valence-corrected chi connectivity index (χ4v) is 3.42. The number of benzene rings is 3. The number of hydrogen-bond acceptors (Lipinski definition) is 5. The summed E-state index contributed by atoms with van der Waals surface area (Å²) in [6.07, 6.45) is -1.11. The second-order valence-corrected chi connectivity index (χ2v) is 8.80. The van der Waals surface area contributed by atoms with E-state index >= 15 is 0 Å². The number of carbonyl (C=O) groups excluding carboxylic acids is 1. The highest BCUT2D eigenvalue weighted by molar-refractivity contribution is 8.12. The maximum absolute atomic E-state index is 10.4. The van der Waals surface area contributed by atoms with Crippen LogP contribution in [-0.4, -0.2) is 17.2 Å². The zero-order chi connectivity index (χ0) is 24.4. The van der Waals surface area contributed by atoms with Crippen molar-refractivity contribution < 1.29 is 24.8 Å². The number of carbonyl (C=O) groups is 1. The first kappa shape index (κ1) is 26.7. The van der Waals surface area contributed by atoms with Crippen molar-refractivity contribution in [1.29, 1.82) is 0 Å². The summed E-state index contributed by atoms with van der Waals surface area (Å²) in [5.74, 6) is 1.20. The molecule has 3 rings (SSSR count). The number of amidine groups is 1. The Morgan fingerprint density at radius 1 is 1.00 bits per heavy atom. The first-order chi connectivity index (χ1) is 15.7. The molecule has 10 heteroatoms. The quantitative estimate of drug-likeness (QED) is 0.273. The lowest BCUT2D eigenvalue weighted by Crippen LogP contribution is -2.43. The van der Waals surface area contributed by atoms with E-state index in [0.29, 0.717) is 5.17 Å². The molecule has 1 unspecified atom stereocenters. The third-order valence-corrected chi connectivity index (χ3v) is 5.72. The monoisotopic (exact) mass is 526 g/mol. The molecular weight excluding hydrogens is 507 g/mol. The minimum Gasteiger partial charge on any atom is -0.546 e. The van der Waals surface area contributed by atoms with Crippen LogP contribution in [0, 0.1) is 0 Å². The van der Waals surface area contributed by atoms with Gasteiger partial charge in [0.05, 0.1) is 21.0 Å². The highest BCUT2D eigenvalue weighted by Gasteiger charge is 2.11. The number of hydrogen-bond donors (Lipinski definition) is 2. The lowest BCUT2D eigenvalue weighted by molar-refractivity contribution is -0.312. The van der Waals surface area contributed by atoms with Gasteiger partial charge in [-0.05, 0) is 54.6 Å². The molecule has 0 radical (unpaired) electrons. The number of nitrogens with two attached hydrogens (primary N) is 2. The van der Waals surface area contributed by atoms with Crippen molar-refractivity contribution in [2.45, 2.75) is 18.8 Å². The number of aliphatic carboxylic acids is 1. The average molecular weight is 528 g/mol. The fourth-order valence-electron chi connectivity index (χ4n) is 2.32. The van der Waals surface area contributed by atoms with Crippen LogP contribution >= 0.6 is 46.6 Å². The third kappa shape index (κ3) is 9.43. The number of carboxylic acid groups (broad SMARTS) is 1. The van der Waals surface area contributed by atoms with Crippen molar-refractivity contribution in [3.63, 3.8) is 0 Å². The van der Waals surface area contributed by atoms with Crippen LogP contribution in [0.2, 0.25) is 15.1 Å². The molecule has 33 heavy (non-hydrogen) atoms. The molecule has 174 valence electrons. The Labute approximate surface area is 211 Å². The molecule has 0 bridgehead atoms. The van der Waals surface area contributed by atoms with E-state index < -0.39 is 12.1 Å². The Bertz CT molecular complexity index is 1100. The molecular formula is C23H21Cl3N2O4S. The summed E-state index contributed by atoms with van der Waals surface area (Å²) >= 11 is 18.6. The van der Waals surface area contributed by atoms with Gasteiger partial charge in [0.25, 0.3) is 5.17 Å². The van der Waals surface area contributed by atoms with Crippen LogP contribution in [0.15, 0.2) is 66.7 Å². The van der Waals surface area contributed by atoms with E-state index in [2.05, 4.69) is 0 Å². The van der Waals surface area contributed by atoms with Gasteiger partial charge in [-0.25, -0.2) is 0 Å². The van der Waals surface area contributed by atoms with Crippen LogP contribution in [0.3, 0.4) is 0 Å². The lowest BCUT2D eigenvalue weighted by atomic mass is 10.2. The van der Waals surface area contributed by atoms with Crippen molar-refractivity contribution in [1.82, 2.24) is 0 Å². The zero-order valence-electron chi connectivity index (χ0n) is 17.5. The van der Waals surface area contributed by atoms with Gasteiger partial charge in [0.2, 0.25) is 0 Å². The van der Waals surface area contributed by atoms with Gasteiger partial charge >= 0.3 is 0 Å². The molecule has 0 aliphatic rings. The first-order valence-corrected chi connectivity index (χ1v) is 11.6. The van der Waals surface area contributed by atoms with Crippen LogP contribution in [-0.2, 0) is 10.5 Å². The molecule has 3 aromatic carbocycles. The molecule has 0 aromatic heterocycles. The van der Waals surface area contributed by atoms with Gasteiger partial charge in [0, 0.05) is 11.8 Å². The Kier molecular flexibility index (Phi) is 10.7. The van der Waals surface area contributed by atoms with E-state index in [1.807, 2.05) is 54.6 Å². The number of ether oxygens (including phenoxy) is 2. The highest BCUT2D eigenvalue weighted by Crippen LogP contribution is 2.34. The maximum atomic E-state index is 10.4. The predicted molar refractivity (Wildman–Crippen MR) is 132 cm³/mol. The highest BCUT2D eigenvalue weighted by atomic mass is 35.5. The summed E-state index contributed by atoms with van der Waals surface area (Å²) in [5.41, 5.74) is 6.55. The molecule has 0 amide bonds. The maximum Gasteiger partial charge on any atom is 0.300 e. The zero-order valence-corrected chi connectivity index (χ0v) is 20.5. The van der Waals surface area contributed by atoms with Gasteiger partial charge in [0.15, 0.2) is 0 Å². The first-order valence-electron chi connectivity index (χ1n) is 9.50. The van der Waals surface area contributed by atoms with E-state index in [0.717, 1.165) is 22.8 Å². The van der Waals surface area contributed by atoms with Gasteiger partial charge in [-0.2, -0.15) is 0 Å². The molecule has 0 aliphatic heterocycles. The second-order valence-electron chi connectivity index (χ2n) is 6.53. The molecule has 1 atom stereocenters. The molecule has 3 aromatic rings. The third-order valence-electron chi connectivity index (χ3n) is 3.89. The summed E-state index contributed by atoms with van der Waals surface area (Å²) in [5, 5.41) is 16.9. The molecule has 0 heterocycles. The number of rotatable bonds is 7. The normalized spacial score (nSPS) is 11.0. The molecule has 6 nitrogen and oxygen atoms in total. The molecule has 0 aliphatic carbocycles. The van der Waals surface area contributed by atoms with Gasteiger partial charge in [-0.15, -0.1) is 0 Å². The topological polar surface area (TPSA) is 110 Å². The van der Waals surface area contributed by atoms with Crippen molar-refractivity contribution >= 4 is 57.7 Å². The van der Waals surface area contributed by atoms with Crippen molar-refractivity contribution in [2.75, 3.05) is 0 Å². The summed E-state index contributed by atoms with van der Waals surface area (Å²) < 4.78 is 10.8. The van der Waals surface area contributed by atoms with E-state index in [1.54, 1.807) is 0 Å². The van der Waals surface area contributed by atoms with Crippen LogP contribution in [0.25, 0.3) is 0 Å². The largest absolute Gasteiger partial charge is 0.546 e. The Balaban J connectivity index is 0.000000238. The van der Waals surface area contributed by atoms with Crippen molar-refractivity contribution in [3.8, 4) is 17.2 Å². The van der Waals surface area contributed by atoms with E-state index in [9.17, 15) is 9.90 Å². The smallest absolute Gasteiger partial charge is 0.300 e. The standard InChI is InChI=1S/C14H14N2OS.C9H7Cl3O3/c15-14(16)18-10-11-5-4-8-13(9-11)17-12-6-2-1-3-7-12;1-4(9(13)14)15-8-3-6(11)5(10)2-7(8)12/h1-9H,10H2,(H3,15,16);2-4H,1H3,(H,13,14). The summed E-state index contributed by atoms with van der Waals surface area (Å²) in [6.45, 7) is 1.33. The lowest BCUT2D eigenvalue weighted by Gasteiger charge is -2.16. The average Bonchev–Trinajstić information content (AvgIpc) is 2.77. The summed E-state index contributed by atoms with van der Waals surface area (Å²) in [7, 11) is 0. The summed E-state index contributed by atoms with van der Waals surface area (Å²) in [6, 6.07) is 20.3. The molecule has 0 fully saturated rings. The SMILES string of the molecule is CC(Oc1cc(Cl)c(Cl)cc1Cl)C(=O)[O-].NC(=[NH2+])SCc1cccc(Oc2ccccc2)c1. The molecule has 0 spiro atoms. The Morgan fingerprint density at radius 3 is 2.27 bits per heavy atom. The van der Waals surface area contributed by atoms with Crippen LogP contribution < -0.4 is 25.7 Å². The van der Waals surface area contributed by atoms with Gasteiger partial charge in [-0.3, -0.25) is 11.1 Å². The van der Waals surface area contributed by atoms with Gasteiger partial charge < -0.3 is 19.4 Å². The summed E-state index contributed by atoms with van der Waals surface area (Å²) in [4.78, 5) is 10.4. The van der Waals surface area contributed by atoms with Crippen LogP contribution in [0.4, 0.5) is 0 Å². The Morgan fingerprint density at radius 2 is 1.64 bits per heavy atom. The molecule has 0 saturated carbocycles. The van der Waals surface area contributed by atoms with Gasteiger partial charge in [-0.1, -0.05) is 65.1 Å². The Hall–Kier alpha value is -2.58. The predicted octanol–water partition coefficient (Wildman–Crippen LogP) is 3.95. The molecule has 4 N–H and O–H groups in total. The van der Waals surface area contributed by atoms with E-state index in [-0.39, 0.29) is 20.8 Å². The number of thioether (sulfide) groups is 1. The van der Waals surface area contributed by atoms with Crippen LogP contribution in [0.1, 0.15) is 12.5 Å². The van der Waals surface area contributed by atoms with E-state index in [4.69, 9.17) is 55.4 Å². The minimum atomic E-state index is -1.34. The van der Waals surface area contributed by atoms with E-state index in [1.165, 1.54) is 30.8 Å². The molecule has 0 saturated heterocycles. The number of halogens is 3. The van der Waals surface area contributed by atoms with Crippen molar-refractivity contribution in [3.05, 3.63) is 87.4 Å². The van der Waals surface area contributed by atoms with Crippen LogP contribution in [0.5, 0.6) is 17.2 Å².